The van der Waals surface area contributed by atoms with E-state index in [4.69, 9.17) is 4.74 Å². The number of fused-ring (bicyclic) bond motifs is 1. The summed E-state index contributed by atoms with van der Waals surface area (Å²) < 4.78 is 6.47. The number of likely N-dealkylation sites (N-methyl/N-ethyl adjacent to an activating group) is 1. The molecule has 11 heteroatoms. The highest BCUT2D eigenvalue weighted by Crippen LogP contribution is 2.29. The lowest BCUT2D eigenvalue weighted by molar-refractivity contribution is -0.149. The van der Waals surface area contributed by atoms with Gasteiger partial charge in [-0.1, -0.05) is 55.8 Å². The van der Waals surface area contributed by atoms with Crippen LogP contribution in [-0.2, 0) is 30.3 Å². The third-order valence-electron chi connectivity index (χ3n) is 8.67. The minimum absolute atomic E-state index is 0.0439. The summed E-state index contributed by atoms with van der Waals surface area (Å²) in [6, 6.07) is 11.2. The number of rotatable bonds is 3. The number of aromatic amines is 1. The highest BCUT2D eigenvalue weighted by Gasteiger charge is 2.34. The Hall–Kier alpha value is -4.12. The van der Waals surface area contributed by atoms with Crippen LogP contribution in [0.4, 0.5) is 0 Å². The van der Waals surface area contributed by atoms with Crippen LogP contribution in [-0.4, -0.2) is 63.9 Å². The van der Waals surface area contributed by atoms with Crippen molar-refractivity contribution in [1.29, 1.82) is 0 Å². The first kappa shape index (κ1) is 35.7. The van der Waals surface area contributed by atoms with Crippen LogP contribution in [0.15, 0.2) is 64.8 Å². The zero-order valence-corrected chi connectivity index (χ0v) is 29.4. The van der Waals surface area contributed by atoms with Gasteiger partial charge in [0.1, 0.15) is 17.8 Å². The van der Waals surface area contributed by atoms with Crippen molar-refractivity contribution < 1.29 is 29.0 Å². The molecule has 0 fully saturated rings. The van der Waals surface area contributed by atoms with Crippen LogP contribution in [0.3, 0.4) is 0 Å². The molecule has 10 nitrogen and oxygen atoms in total. The Bertz CT molecular complexity index is 1630. The third kappa shape index (κ3) is 9.24. The van der Waals surface area contributed by atoms with Crippen LogP contribution in [0.2, 0.25) is 0 Å². The molecule has 0 saturated heterocycles. The van der Waals surface area contributed by atoms with E-state index in [2.05, 4.69) is 37.6 Å². The van der Waals surface area contributed by atoms with E-state index < -0.39 is 42.0 Å². The first-order valence-corrected chi connectivity index (χ1v) is 16.8. The van der Waals surface area contributed by atoms with E-state index >= 15 is 0 Å². The van der Waals surface area contributed by atoms with Crippen LogP contribution in [0.1, 0.15) is 71.0 Å². The molecule has 4 N–H and O–H groups in total. The van der Waals surface area contributed by atoms with Gasteiger partial charge in [0.05, 0.1) is 23.2 Å². The maximum atomic E-state index is 14.3. The van der Waals surface area contributed by atoms with Crippen LogP contribution >= 0.6 is 15.9 Å². The molecular formula is C36H45BrN4O6. The number of para-hydroxylation sites is 1. The van der Waals surface area contributed by atoms with Crippen LogP contribution in [0, 0.1) is 11.8 Å². The zero-order chi connectivity index (χ0) is 34.4. The lowest BCUT2D eigenvalue weighted by atomic mass is 9.95. The molecule has 2 heterocycles. The number of esters is 1. The molecule has 1 aromatic heterocycles. The first-order valence-electron chi connectivity index (χ1n) is 16.0. The Kier molecular flexibility index (Phi) is 11.9. The molecule has 6 atom stereocenters. The Morgan fingerprint density at radius 1 is 0.936 bits per heavy atom. The largest absolute Gasteiger partial charge is 0.508 e. The number of phenolic OH excluding ortho intramolecular Hbond substituents is 1. The summed E-state index contributed by atoms with van der Waals surface area (Å²) in [5, 5.41) is 16.7. The number of phenols is 1. The zero-order valence-electron chi connectivity index (χ0n) is 27.8. The molecule has 3 aromatic rings. The van der Waals surface area contributed by atoms with Crippen molar-refractivity contribution in [3.63, 3.8) is 0 Å². The van der Waals surface area contributed by atoms with E-state index in [9.17, 15) is 24.3 Å². The van der Waals surface area contributed by atoms with Crippen LogP contribution in [0.5, 0.6) is 5.75 Å². The minimum Gasteiger partial charge on any atom is -0.508 e. The number of halogens is 1. The second-order valence-corrected chi connectivity index (χ2v) is 13.6. The molecule has 47 heavy (non-hydrogen) atoms. The number of amides is 3. The number of allylic oxidation sites excluding steroid dienone is 2. The molecule has 4 rings (SSSR count). The maximum absolute atomic E-state index is 14.3. The van der Waals surface area contributed by atoms with E-state index in [1.165, 1.54) is 17.0 Å². The summed E-state index contributed by atoms with van der Waals surface area (Å²) in [6.07, 6.45) is 2.76. The fraction of sp³-hybridized carbons (Fsp3) is 0.444. The SMILES string of the molecule is C/C1=C/[C@H](C)C[C@H](C)OC(=O)C[C@H](c2ccc(O)cc2)NC(=O)[C@H](Cc2c(Br)[nH]c3ccccc23)N(C)C(=O)[C@H](C)NC(=O)[C@H](C)C1. The van der Waals surface area contributed by atoms with Crippen molar-refractivity contribution in [3.05, 3.63) is 75.9 Å². The van der Waals surface area contributed by atoms with Crippen molar-refractivity contribution in [2.24, 2.45) is 11.8 Å². The van der Waals surface area contributed by atoms with Crippen LogP contribution < -0.4 is 10.6 Å². The van der Waals surface area contributed by atoms with Gasteiger partial charge in [-0.3, -0.25) is 19.2 Å². The molecular weight excluding hydrogens is 664 g/mol. The van der Waals surface area contributed by atoms with Gasteiger partial charge < -0.3 is 30.4 Å². The summed E-state index contributed by atoms with van der Waals surface area (Å²) in [6.45, 7) is 9.27. The number of carbonyl (C=O) groups excluding carboxylic acids is 4. The molecule has 0 bridgehead atoms. The second-order valence-electron chi connectivity index (χ2n) is 12.9. The topological polar surface area (TPSA) is 141 Å². The second kappa shape index (κ2) is 15.6. The van der Waals surface area contributed by atoms with E-state index in [0.717, 1.165) is 22.0 Å². The highest BCUT2D eigenvalue weighted by atomic mass is 79.9. The summed E-state index contributed by atoms with van der Waals surface area (Å²) >= 11 is 3.60. The number of hydrogen-bond donors (Lipinski definition) is 4. The quantitative estimate of drug-likeness (QED) is 0.203. The normalized spacial score (nSPS) is 27.1. The average Bonchev–Trinajstić information content (AvgIpc) is 3.32. The van der Waals surface area contributed by atoms with Crippen molar-refractivity contribution in [1.82, 2.24) is 20.5 Å². The number of carbonyl (C=O) groups is 4. The highest BCUT2D eigenvalue weighted by molar-refractivity contribution is 9.10. The van der Waals surface area contributed by atoms with Crippen LogP contribution in [0.25, 0.3) is 10.9 Å². The fourth-order valence-corrected chi connectivity index (χ4v) is 6.87. The molecule has 0 unspecified atom stereocenters. The van der Waals surface area contributed by atoms with Crippen molar-refractivity contribution >= 4 is 50.5 Å². The van der Waals surface area contributed by atoms with E-state index in [-0.39, 0.29) is 36.3 Å². The van der Waals surface area contributed by atoms with Crippen molar-refractivity contribution in [3.8, 4) is 5.75 Å². The molecule has 252 valence electrons. The number of hydrogen-bond acceptors (Lipinski definition) is 6. The molecule has 0 radical (unpaired) electrons. The van der Waals surface area contributed by atoms with Gasteiger partial charge in [0, 0.05) is 30.3 Å². The predicted octanol–water partition coefficient (Wildman–Crippen LogP) is 5.70. The van der Waals surface area contributed by atoms with Gasteiger partial charge in [0.15, 0.2) is 0 Å². The van der Waals surface area contributed by atoms with E-state index in [1.807, 2.05) is 52.0 Å². The first-order chi connectivity index (χ1) is 22.2. The molecule has 1 aliphatic rings. The average molecular weight is 710 g/mol. The number of aromatic nitrogens is 1. The predicted molar refractivity (Wildman–Crippen MR) is 184 cm³/mol. The molecule has 0 aliphatic carbocycles. The Labute approximate surface area is 284 Å². The smallest absolute Gasteiger partial charge is 0.308 e. The Morgan fingerprint density at radius 2 is 1.62 bits per heavy atom. The van der Waals surface area contributed by atoms with Gasteiger partial charge in [-0.25, -0.2) is 0 Å². The van der Waals surface area contributed by atoms with Crippen molar-refractivity contribution in [2.75, 3.05) is 7.05 Å². The number of cyclic esters (lactones) is 1. The van der Waals surface area contributed by atoms with Gasteiger partial charge >= 0.3 is 5.97 Å². The molecule has 1 aliphatic heterocycles. The van der Waals surface area contributed by atoms with Gasteiger partial charge in [0.25, 0.3) is 0 Å². The summed E-state index contributed by atoms with van der Waals surface area (Å²) in [4.78, 5) is 59.2. The fourth-order valence-electron chi connectivity index (χ4n) is 6.28. The number of ether oxygens (including phenoxy) is 1. The van der Waals surface area contributed by atoms with E-state index in [0.29, 0.717) is 23.0 Å². The van der Waals surface area contributed by atoms with E-state index in [1.54, 1.807) is 26.1 Å². The number of nitrogens with one attached hydrogen (secondary N) is 3. The van der Waals surface area contributed by atoms with Gasteiger partial charge in [-0.15, -0.1) is 0 Å². The monoisotopic (exact) mass is 708 g/mol. The molecule has 3 amide bonds. The summed E-state index contributed by atoms with van der Waals surface area (Å²) in [5.74, 6) is -1.93. The summed E-state index contributed by atoms with van der Waals surface area (Å²) in [7, 11) is 1.55. The lowest BCUT2D eigenvalue weighted by Crippen LogP contribution is -2.55. The number of H-pyrrole nitrogens is 1. The molecule has 2 aromatic carbocycles. The maximum Gasteiger partial charge on any atom is 0.308 e. The Morgan fingerprint density at radius 3 is 2.32 bits per heavy atom. The Balaban J connectivity index is 1.74. The lowest BCUT2D eigenvalue weighted by Gasteiger charge is -2.31. The number of nitrogens with zero attached hydrogens (tertiary/aromatic N) is 1. The van der Waals surface area contributed by atoms with Gasteiger partial charge in [-0.2, -0.15) is 0 Å². The summed E-state index contributed by atoms with van der Waals surface area (Å²) in [5.41, 5.74) is 3.29. The van der Waals surface area contributed by atoms with Gasteiger partial charge in [-0.05, 0) is 84.8 Å². The minimum atomic E-state index is -1.02. The third-order valence-corrected chi connectivity index (χ3v) is 9.35. The van der Waals surface area contributed by atoms with Gasteiger partial charge in [0.2, 0.25) is 17.7 Å². The number of aromatic hydroxyl groups is 1. The molecule has 0 saturated carbocycles. The number of benzene rings is 2. The van der Waals surface area contributed by atoms with Crippen molar-refractivity contribution in [2.45, 2.75) is 84.5 Å². The standard InChI is InChI=1S/C36H45BrN4O6/c1-20-15-21(2)17-23(4)47-32(43)19-30(25-11-13-26(42)14-12-25)40-35(45)31(18-28-27-9-7-8-10-29(27)39-33(28)37)41(6)36(46)24(5)38-34(44)22(3)16-20/h7-15,21-24,30-31,39,42H,16-19H2,1-6H3,(H,38,44)(H,40,45)/b20-15-/t21-,22+,23-,24-,30+,31-/m0/s1. The molecule has 0 spiro atoms.